The van der Waals surface area contributed by atoms with Crippen LogP contribution in [-0.4, -0.2) is 27.1 Å². The van der Waals surface area contributed by atoms with Crippen molar-refractivity contribution < 1.29 is 4.74 Å². The summed E-state index contributed by atoms with van der Waals surface area (Å²) in [6, 6.07) is 3.72. The predicted octanol–water partition coefficient (Wildman–Crippen LogP) is 2.40. The van der Waals surface area contributed by atoms with E-state index in [9.17, 15) is 0 Å². The quantitative estimate of drug-likeness (QED) is 0.826. The Morgan fingerprint density at radius 3 is 3.00 bits per heavy atom. The van der Waals surface area contributed by atoms with Crippen molar-refractivity contribution in [2.24, 2.45) is 5.92 Å². The lowest BCUT2D eigenvalue weighted by Gasteiger charge is -2.02. The summed E-state index contributed by atoms with van der Waals surface area (Å²) in [4.78, 5) is 4.28. The number of aromatic nitrogens is 4. The predicted molar refractivity (Wildman–Crippen MR) is 73.8 cm³/mol. The van der Waals surface area contributed by atoms with Gasteiger partial charge in [0.15, 0.2) is 0 Å². The molecule has 0 amide bonds. The Hall–Kier alpha value is -2.17. The van der Waals surface area contributed by atoms with E-state index >= 15 is 0 Å². The first kappa shape index (κ1) is 13.3. The van der Waals surface area contributed by atoms with Gasteiger partial charge in [-0.15, -0.1) is 5.10 Å². The lowest BCUT2D eigenvalue weighted by molar-refractivity contribution is 0.413. The van der Waals surface area contributed by atoms with Crippen LogP contribution in [0.3, 0.4) is 0 Å². The van der Waals surface area contributed by atoms with Gasteiger partial charge >= 0.3 is 0 Å². The first-order valence-corrected chi connectivity index (χ1v) is 6.24. The highest BCUT2D eigenvalue weighted by Gasteiger charge is 2.02. The molecule has 2 aromatic heterocycles. The molecule has 0 aliphatic rings. The van der Waals surface area contributed by atoms with E-state index in [4.69, 9.17) is 4.74 Å². The van der Waals surface area contributed by atoms with Crippen molar-refractivity contribution in [3.8, 4) is 5.75 Å². The van der Waals surface area contributed by atoms with E-state index < -0.39 is 0 Å². The Morgan fingerprint density at radius 1 is 1.42 bits per heavy atom. The normalized spacial score (nSPS) is 11.4. The summed E-state index contributed by atoms with van der Waals surface area (Å²) in [6.07, 6.45) is 7.70. The van der Waals surface area contributed by atoms with Crippen LogP contribution in [0.2, 0.25) is 0 Å². The zero-order valence-electron chi connectivity index (χ0n) is 11.4. The van der Waals surface area contributed by atoms with E-state index in [1.807, 2.05) is 24.4 Å². The largest absolute Gasteiger partial charge is 0.497 e. The molecule has 100 valence electrons. The van der Waals surface area contributed by atoms with Crippen LogP contribution in [0.4, 0.5) is 0 Å². The molecule has 0 spiro atoms. The van der Waals surface area contributed by atoms with Crippen LogP contribution in [0.1, 0.15) is 25.2 Å². The van der Waals surface area contributed by atoms with Crippen LogP contribution < -0.4 is 4.74 Å². The molecule has 0 fully saturated rings. The highest BCUT2D eigenvalue weighted by atomic mass is 16.5. The molecule has 0 saturated heterocycles. The third-order valence-corrected chi connectivity index (χ3v) is 2.56. The van der Waals surface area contributed by atoms with E-state index in [-0.39, 0.29) is 0 Å². The lowest BCUT2D eigenvalue weighted by atomic mass is 10.2. The molecule has 5 heteroatoms. The van der Waals surface area contributed by atoms with Crippen molar-refractivity contribution in [2.75, 3.05) is 7.11 Å². The van der Waals surface area contributed by atoms with E-state index in [0.29, 0.717) is 12.5 Å². The minimum atomic E-state index is 0.505. The standard InChI is InChI=1S/C14H18N4O/c1-11(2)4-5-12-9-18(17-16-12)10-13-8-14(19-3)6-7-15-13/h4-9,11H,10H2,1-3H3/b5-4+. The second-order valence-electron chi connectivity index (χ2n) is 4.63. The maximum atomic E-state index is 5.17. The molecule has 0 saturated carbocycles. The highest BCUT2D eigenvalue weighted by Crippen LogP contribution is 2.11. The van der Waals surface area contributed by atoms with Crippen molar-refractivity contribution in [3.05, 3.63) is 42.0 Å². The van der Waals surface area contributed by atoms with Crippen molar-refractivity contribution in [1.29, 1.82) is 0 Å². The van der Waals surface area contributed by atoms with Gasteiger partial charge in [-0.2, -0.15) is 0 Å². The summed E-state index contributed by atoms with van der Waals surface area (Å²) in [5.74, 6) is 1.30. The Balaban J connectivity index is 2.07. The van der Waals surface area contributed by atoms with Gasteiger partial charge in [-0.1, -0.05) is 25.1 Å². The third-order valence-electron chi connectivity index (χ3n) is 2.56. The number of pyridine rings is 1. The molecule has 2 heterocycles. The average Bonchev–Trinajstić information content (AvgIpc) is 2.84. The van der Waals surface area contributed by atoms with Gasteiger partial charge in [0.25, 0.3) is 0 Å². The van der Waals surface area contributed by atoms with Gasteiger partial charge in [-0.25, -0.2) is 4.68 Å². The lowest BCUT2D eigenvalue weighted by Crippen LogP contribution is -2.02. The Bertz CT molecular complexity index is 560. The fourth-order valence-corrected chi connectivity index (χ4v) is 1.59. The second kappa shape index (κ2) is 6.13. The van der Waals surface area contributed by atoms with Gasteiger partial charge in [-0.3, -0.25) is 4.98 Å². The van der Waals surface area contributed by atoms with Crippen LogP contribution in [-0.2, 0) is 6.54 Å². The first-order valence-electron chi connectivity index (χ1n) is 6.24. The number of hydrogen-bond acceptors (Lipinski definition) is 4. The van der Waals surface area contributed by atoms with Crippen LogP contribution >= 0.6 is 0 Å². The summed E-state index contributed by atoms with van der Waals surface area (Å²) in [5, 5.41) is 8.17. The molecule has 0 aromatic carbocycles. The summed E-state index contributed by atoms with van der Waals surface area (Å²) in [7, 11) is 1.64. The summed E-state index contributed by atoms with van der Waals surface area (Å²) >= 11 is 0. The third kappa shape index (κ3) is 3.91. The molecule has 0 aliphatic carbocycles. The first-order chi connectivity index (χ1) is 9.17. The molecule has 19 heavy (non-hydrogen) atoms. The fourth-order valence-electron chi connectivity index (χ4n) is 1.59. The van der Waals surface area contributed by atoms with Crippen LogP contribution in [0, 0.1) is 5.92 Å². The van der Waals surface area contributed by atoms with Crippen molar-refractivity contribution in [3.63, 3.8) is 0 Å². The van der Waals surface area contributed by atoms with Gasteiger partial charge < -0.3 is 4.74 Å². The summed E-state index contributed by atoms with van der Waals surface area (Å²) in [5.41, 5.74) is 1.75. The molecular formula is C14H18N4O. The zero-order valence-corrected chi connectivity index (χ0v) is 11.4. The van der Waals surface area contributed by atoms with Crippen molar-refractivity contribution in [2.45, 2.75) is 20.4 Å². The van der Waals surface area contributed by atoms with Gasteiger partial charge in [-0.05, 0) is 18.1 Å². The highest BCUT2D eigenvalue weighted by molar-refractivity contribution is 5.42. The van der Waals surface area contributed by atoms with Gasteiger partial charge in [0.2, 0.25) is 0 Å². The number of methoxy groups -OCH3 is 1. The number of allylic oxidation sites excluding steroid dienone is 1. The van der Waals surface area contributed by atoms with Crippen LogP contribution in [0.25, 0.3) is 6.08 Å². The number of nitrogens with zero attached hydrogens (tertiary/aromatic N) is 4. The Kier molecular flexibility index (Phi) is 4.28. The molecule has 0 bridgehead atoms. The monoisotopic (exact) mass is 258 g/mol. The Labute approximate surface area is 112 Å². The number of rotatable bonds is 5. The van der Waals surface area contributed by atoms with Gasteiger partial charge in [0, 0.05) is 12.3 Å². The molecular weight excluding hydrogens is 240 g/mol. The van der Waals surface area contributed by atoms with E-state index in [1.54, 1.807) is 18.0 Å². The maximum absolute atomic E-state index is 5.17. The van der Waals surface area contributed by atoms with Gasteiger partial charge in [0.05, 0.1) is 25.5 Å². The molecule has 0 radical (unpaired) electrons. The van der Waals surface area contributed by atoms with Crippen molar-refractivity contribution in [1.82, 2.24) is 20.0 Å². The smallest absolute Gasteiger partial charge is 0.122 e. The summed E-state index contributed by atoms with van der Waals surface area (Å²) < 4.78 is 6.93. The van der Waals surface area contributed by atoms with E-state index in [0.717, 1.165) is 17.1 Å². The number of ether oxygens (including phenoxy) is 1. The van der Waals surface area contributed by atoms with Crippen LogP contribution in [0.15, 0.2) is 30.6 Å². The van der Waals surface area contributed by atoms with E-state index in [1.165, 1.54) is 0 Å². The summed E-state index contributed by atoms with van der Waals surface area (Å²) in [6.45, 7) is 4.84. The molecule has 5 nitrogen and oxygen atoms in total. The van der Waals surface area contributed by atoms with E-state index in [2.05, 4.69) is 35.2 Å². The molecule has 2 aromatic rings. The van der Waals surface area contributed by atoms with Gasteiger partial charge in [0.1, 0.15) is 11.4 Å². The molecule has 0 aliphatic heterocycles. The van der Waals surface area contributed by atoms with Crippen molar-refractivity contribution >= 4 is 6.08 Å². The zero-order chi connectivity index (χ0) is 13.7. The topological polar surface area (TPSA) is 52.8 Å². The molecule has 2 rings (SSSR count). The maximum Gasteiger partial charge on any atom is 0.122 e. The minimum absolute atomic E-state index is 0.505. The van der Waals surface area contributed by atoms with Crippen LogP contribution in [0.5, 0.6) is 5.75 Å². The molecule has 0 unspecified atom stereocenters. The minimum Gasteiger partial charge on any atom is -0.497 e. The Morgan fingerprint density at radius 2 is 2.26 bits per heavy atom. The SMILES string of the molecule is COc1ccnc(Cn2cc(/C=C/C(C)C)nn2)c1. The molecule has 0 N–H and O–H groups in total. The second-order valence-corrected chi connectivity index (χ2v) is 4.63. The number of hydrogen-bond donors (Lipinski definition) is 0. The molecule has 0 atom stereocenters. The fraction of sp³-hybridized carbons (Fsp3) is 0.357. The average molecular weight is 258 g/mol.